The van der Waals surface area contributed by atoms with Gasteiger partial charge in [-0.2, -0.15) is 4.90 Å². The van der Waals surface area contributed by atoms with Gasteiger partial charge in [-0.1, -0.05) is 11.6 Å². The van der Waals surface area contributed by atoms with Crippen molar-refractivity contribution in [3.8, 4) is 0 Å². The lowest BCUT2D eigenvalue weighted by atomic mass is 10.2. The highest BCUT2D eigenvalue weighted by atomic mass is 35.5. The standard InChI is InChI=1S/C15H20ClFN2O4/c1-14(2,3)22-12(20)19(13(21)23-15(4,5)6)10-7-11(16)18-8-9(10)17/h7-8H,1-6H3. The molecule has 128 valence electrons. The lowest BCUT2D eigenvalue weighted by molar-refractivity contribution is 0.0429. The molecule has 0 aromatic carbocycles. The summed E-state index contributed by atoms with van der Waals surface area (Å²) in [5.41, 5.74) is -2.16. The summed E-state index contributed by atoms with van der Waals surface area (Å²) in [5.74, 6) is -0.911. The average Bonchev–Trinajstić information content (AvgIpc) is 2.29. The van der Waals surface area contributed by atoms with E-state index in [1.54, 1.807) is 41.5 Å². The Morgan fingerprint density at radius 1 is 1.09 bits per heavy atom. The summed E-state index contributed by atoms with van der Waals surface area (Å²) < 4.78 is 24.3. The summed E-state index contributed by atoms with van der Waals surface area (Å²) in [6.07, 6.45) is -1.35. The fourth-order valence-electron chi connectivity index (χ4n) is 1.46. The summed E-state index contributed by atoms with van der Waals surface area (Å²) in [6.45, 7) is 9.71. The van der Waals surface area contributed by atoms with Crippen molar-refractivity contribution in [1.82, 2.24) is 4.98 Å². The van der Waals surface area contributed by atoms with Gasteiger partial charge < -0.3 is 9.47 Å². The molecule has 0 bridgehead atoms. The lowest BCUT2D eigenvalue weighted by Crippen LogP contribution is -2.44. The number of anilines is 1. The van der Waals surface area contributed by atoms with Gasteiger partial charge in [-0.15, -0.1) is 0 Å². The Morgan fingerprint density at radius 3 is 1.91 bits per heavy atom. The van der Waals surface area contributed by atoms with Crippen LogP contribution in [0.25, 0.3) is 0 Å². The van der Waals surface area contributed by atoms with E-state index >= 15 is 0 Å². The van der Waals surface area contributed by atoms with E-state index in [9.17, 15) is 14.0 Å². The molecule has 1 aromatic heterocycles. The van der Waals surface area contributed by atoms with E-state index in [0.717, 1.165) is 12.3 Å². The zero-order valence-electron chi connectivity index (χ0n) is 13.9. The van der Waals surface area contributed by atoms with Gasteiger partial charge in [0.05, 0.1) is 11.9 Å². The molecular formula is C15H20ClFN2O4. The van der Waals surface area contributed by atoms with Crippen molar-refractivity contribution in [2.24, 2.45) is 0 Å². The number of imide groups is 1. The molecule has 1 rings (SSSR count). The van der Waals surface area contributed by atoms with Crippen LogP contribution >= 0.6 is 11.6 Å². The van der Waals surface area contributed by atoms with Gasteiger partial charge >= 0.3 is 12.2 Å². The Hall–Kier alpha value is -1.89. The van der Waals surface area contributed by atoms with Crippen LogP contribution in [0.5, 0.6) is 0 Å². The van der Waals surface area contributed by atoms with Crippen LogP contribution < -0.4 is 4.90 Å². The van der Waals surface area contributed by atoms with Crippen molar-refractivity contribution >= 4 is 29.5 Å². The van der Waals surface area contributed by atoms with Gasteiger partial charge in [0.25, 0.3) is 0 Å². The van der Waals surface area contributed by atoms with Crippen LogP contribution in [0.3, 0.4) is 0 Å². The minimum atomic E-state index is -1.08. The zero-order chi connectivity index (χ0) is 18.0. The molecule has 0 saturated heterocycles. The summed E-state index contributed by atoms with van der Waals surface area (Å²) in [6, 6.07) is 1.05. The van der Waals surface area contributed by atoms with E-state index < -0.39 is 34.9 Å². The lowest BCUT2D eigenvalue weighted by Gasteiger charge is -2.28. The Morgan fingerprint density at radius 2 is 1.52 bits per heavy atom. The number of carbonyl (C=O) groups excluding carboxylic acids is 2. The second kappa shape index (κ2) is 6.70. The first-order valence-electron chi connectivity index (χ1n) is 6.87. The van der Waals surface area contributed by atoms with Crippen molar-refractivity contribution in [2.75, 3.05) is 4.90 Å². The Balaban J connectivity index is 3.28. The van der Waals surface area contributed by atoms with Crippen molar-refractivity contribution < 1.29 is 23.5 Å². The molecule has 6 nitrogen and oxygen atoms in total. The first-order valence-corrected chi connectivity index (χ1v) is 7.25. The van der Waals surface area contributed by atoms with Crippen LogP contribution in [-0.4, -0.2) is 28.4 Å². The highest BCUT2D eigenvalue weighted by Crippen LogP contribution is 2.26. The molecule has 0 aliphatic carbocycles. The van der Waals surface area contributed by atoms with Gasteiger partial charge in [0.15, 0.2) is 5.82 Å². The van der Waals surface area contributed by atoms with Crippen LogP contribution in [0.2, 0.25) is 5.15 Å². The summed E-state index contributed by atoms with van der Waals surface area (Å²) >= 11 is 5.73. The smallest absolute Gasteiger partial charge is 0.424 e. The SMILES string of the molecule is CC(C)(C)OC(=O)N(C(=O)OC(C)(C)C)c1cc(Cl)ncc1F. The number of pyridine rings is 1. The third-order valence-electron chi connectivity index (χ3n) is 2.19. The molecule has 1 heterocycles. The summed E-state index contributed by atoms with van der Waals surface area (Å²) in [7, 11) is 0. The van der Waals surface area contributed by atoms with Crippen LogP contribution in [0.4, 0.5) is 19.7 Å². The fraction of sp³-hybridized carbons (Fsp3) is 0.533. The van der Waals surface area contributed by atoms with E-state index in [-0.39, 0.29) is 5.15 Å². The van der Waals surface area contributed by atoms with E-state index in [2.05, 4.69) is 4.98 Å². The minimum absolute atomic E-state index is 0.0847. The maximum atomic E-state index is 14.0. The molecule has 0 saturated carbocycles. The van der Waals surface area contributed by atoms with E-state index in [1.165, 1.54) is 0 Å². The Labute approximate surface area is 139 Å². The van der Waals surface area contributed by atoms with Gasteiger partial charge in [0.2, 0.25) is 0 Å². The van der Waals surface area contributed by atoms with Gasteiger partial charge in [0, 0.05) is 6.07 Å². The highest BCUT2D eigenvalue weighted by Gasteiger charge is 2.34. The number of amides is 2. The molecule has 0 unspecified atom stereocenters. The van der Waals surface area contributed by atoms with E-state index in [1.807, 2.05) is 0 Å². The molecular weight excluding hydrogens is 327 g/mol. The Bertz CT molecular complexity index is 580. The molecule has 0 radical (unpaired) electrons. The topological polar surface area (TPSA) is 68.7 Å². The molecule has 0 fully saturated rings. The summed E-state index contributed by atoms with van der Waals surface area (Å²) in [4.78, 5) is 28.7. The monoisotopic (exact) mass is 346 g/mol. The molecule has 2 amide bonds. The number of nitrogens with zero attached hydrogens (tertiary/aromatic N) is 2. The minimum Gasteiger partial charge on any atom is -0.443 e. The fourth-order valence-corrected chi connectivity index (χ4v) is 1.61. The Kier molecular flexibility index (Phi) is 5.58. The molecule has 0 N–H and O–H groups in total. The van der Waals surface area contributed by atoms with E-state index in [0.29, 0.717) is 4.90 Å². The summed E-state index contributed by atoms with van der Waals surface area (Å²) in [5, 5.41) is -0.0847. The first-order chi connectivity index (χ1) is 10.3. The number of rotatable bonds is 1. The normalized spacial score (nSPS) is 11.8. The van der Waals surface area contributed by atoms with Gasteiger partial charge in [0.1, 0.15) is 16.4 Å². The molecule has 23 heavy (non-hydrogen) atoms. The number of aromatic nitrogens is 1. The number of hydrogen-bond donors (Lipinski definition) is 0. The van der Waals surface area contributed by atoms with Crippen molar-refractivity contribution in [3.63, 3.8) is 0 Å². The largest absolute Gasteiger partial charge is 0.443 e. The zero-order valence-corrected chi connectivity index (χ0v) is 14.7. The third-order valence-corrected chi connectivity index (χ3v) is 2.40. The van der Waals surface area contributed by atoms with Crippen molar-refractivity contribution in [2.45, 2.75) is 52.7 Å². The quantitative estimate of drug-likeness (QED) is 0.698. The maximum absolute atomic E-state index is 14.0. The van der Waals surface area contributed by atoms with Gasteiger partial charge in [-0.3, -0.25) is 0 Å². The van der Waals surface area contributed by atoms with Crippen LogP contribution in [-0.2, 0) is 9.47 Å². The van der Waals surface area contributed by atoms with Crippen LogP contribution in [0, 0.1) is 5.82 Å². The van der Waals surface area contributed by atoms with Crippen LogP contribution in [0.1, 0.15) is 41.5 Å². The maximum Gasteiger partial charge on any atom is 0.424 e. The van der Waals surface area contributed by atoms with Crippen molar-refractivity contribution in [3.05, 3.63) is 23.2 Å². The number of hydrogen-bond acceptors (Lipinski definition) is 5. The van der Waals surface area contributed by atoms with Gasteiger partial charge in [-0.25, -0.2) is 19.0 Å². The van der Waals surface area contributed by atoms with E-state index in [4.69, 9.17) is 21.1 Å². The second-order valence-corrected chi connectivity index (χ2v) is 7.14. The number of halogens is 2. The van der Waals surface area contributed by atoms with Gasteiger partial charge in [-0.05, 0) is 41.5 Å². The van der Waals surface area contributed by atoms with Crippen LogP contribution in [0.15, 0.2) is 12.3 Å². The number of ether oxygens (including phenoxy) is 2. The van der Waals surface area contributed by atoms with Crippen molar-refractivity contribution in [1.29, 1.82) is 0 Å². The third kappa shape index (κ3) is 6.02. The molecule has 0 aliphatic rings. The molecule has 1 aromatic rings. The second-order valence-electron chi connectivity index (χ2n) is 6.75. The molecule has 8 heteroatoms. The molecule has 0 spiro atoms. The average molecular weight is 347 g/mol. The number of carbonyl (C=O) groups is 2. The first kappa shape index (κ1) is 19.2. The predicted octanol–water partition coefficient (Wildman–Crippen LogP) is 4.55. The highest BCUT2D eigenvalue weighted by molar-refractivity contribution is 6.29. The molecule has 0 aliphatic heterocycles. The predicted molar refractivity (Wildman–Crippen MR) is 84.2 cm³/mol. The molecule has 0 atom stereocenters.